The van der Waals surface area contributed by atoms with Gasteiger partial charge in [-0.1, -0.05) is 6.08 Å². The van der Waals surface area contributed by atoms with Crippen molar-refractivity contribution in [3.8, 4) is 0 Å². The molecule has 1 aliphatic carbocycles. The molecule has 1 fully saturated rings. The maximum atomic E-state index is 11.3. The summed E-state index contributed by atoms with van der Waals surface area (Å²) in [5, 5.41) is 0. The summed E-state index contributed by atoms with van der Waals surface area (Å²) in [5.74, 6) is 0.252. The van der Waals surface area contributed by atoms with Gasteiger partial charge in [0.15, 0.2) is 5.78 Å². The van der Waals surface area contributed by atoms with Crippen LogP contribution >= 0.6 is 0 Å². The van der Waals surface area contributed by atoms with Crippen molar-refractivity contribution >= 4 is 11.5 Å². The minimum Gasteiger partial charge on any atom is -0.292 e. The van der Waals surface area contributed by atoms with Crippen LogP contribution in [0.5, 0.6) is 0 Å². The van der Waals surface area contributed by atoms with Crippen LogP contribution in [0.15, 0.2) is 16.6 Å². The summed E-state index contributed by atoms with van der Waals surface area (Å²) >= 11 is 0. The first-order valence-electron chi connectivity index (χ1n) is 4.15. The molecular weight excluding hydrogens is 138 g/mol. The standard InChI is InChI=1S/C9H11NO/c11-8-5-1-3-7-4-2-6-10-9(7)8/h4H,1-3,5-6H2. The zero-order valence-electron chi connectivity index (χ0n) is 6.47. The minimum absolute atomic E-state index is 0.252. The first-order chi connectivity index (χ1) is 5.38. The number of carbonyl (C=O) groups is 1. The quantitative estimate of drug-likeness (QED) is 0.513. The summed E-state index contributed by atoms with van der Waals surface area (Å²) in [6, 6.07) is 0. The smallest absolute Gasteiger partial charge is 0.181 e. The van der Waals surface area contributed by atoms with Gasteiger partial charge >= 0.3 is 0 Å². The van der Waals surface area contributed by atoms with Crippen LogP contribution in [0, 0.1) is 0 Å². The fourth-order valence-electron chi connectivity index (χ4n) is 1.66. The van der Waals surface area contributed by atoms with E-state index in [0.717, 1.165) is 31.5 Å². The lowest BCUT2D eigenvalue weighted by Crippen LogP contribution is -2.23. The normalized spacial score (nSPS) is 23.8. The maximum Gasteiger partial charge on any atom is 0.181 e. The number of fused-ring (bicyclic) bond motifs is 1. The largest absolute Gasteiger partial charge is 0.292 e. The molecule has 1 aliphatic heterocycles. The Bertz CT molecular complexity index is 250. The number of nitrogens with zero attached hydrogens (tertiary/aromatic N) is 1. The van der Waals surface area contributed by atoms with Crippen LogP contribution in [0.25, 0.3) is 0 Å². The highest BCUT2D eigenvalue weighted by atomic mass is 16.1. The molecule has 2 rings (SSSR count). The summed E-state index contributed by atoms with van der Waals surface area (Å²) in [4.78, 5) is 15.5. The van der Waals surface area contributed by atoms with Crippen molar-refractivity contribution in [3.63, 3.8) is 0 Å². The predicted molar refractivity (Wildman–Crippen MR) is 43.9 cm³/mol. The lowest BCUT2D eigenvalue weighted by molar-refractivity contribution is -0.113. The fraction of sp³-hybridized carbons (Fsp3) is 0.556. The molecular formula is C9H11NO. The molecule has 2 nitrogen and oxygen atoms in total. The second-order valence-electron chi connectivity index (χ2n) is 3.03. The molecule has 0 N–H and O–H groups in total. The third-order valence-electron chi connectivity index (χ3n) is 2.21. The van der Waals surface area contributed by atoms with Gasteiger partial charge in [-0.2, -0.15) is 0 Å². The number of hydrogen-bond acceptors (Lipinski definition) is 2. The Morgan fingerprint density at radius 1 is 1.36 bits per heavy atom. The third kappa shape index (κ3) is 1.13. The molecule has 0 saturated heterocycles. The van der Waals surface area contributed by atoms with Gasteiger partial charge in [0.2, 0.25) is 0 Å². The molecule has 0 amide bonds. The van der Waals surface area contributed by atoms with Gasteiger partial charge in [-0.25, -0.2) is 0 Å². The molecule has 0 bridgehead atoms. The molecule has 0 aromatic rings. The Morgan fingerprint density at radius 2 is 2.27 bits per heavy atom. The summed E-state index contributed by atoms with van der Waals surface area (Å²) in [7, 11) is 0. The summed E-state index contributed by atoms with van der Waals surface area (Å²) in [6.45, 7) is 0.810. The van der Waals surface area contributed by atoms with E-state index < -0.39 is 0 Å². The molecule has 0 unspecified atom stereocenters. The molecule has 58 valence electrons. The highest BCUT2D eigenvalue weighted by Crippen LogP contribution is 2.21. The Balaban J connectivity index is 2.31. The van der Waals surface area contributed by atoms with Gasteiger partial charge < -0.3 is 0 Å². The van der Waals surface area contributed by atoms with E-state index in [-0.39, 0.29) is 5.78 Å². The van der Waals surface area contributed by atoms with Crippen molar-refractivity contribution in [2.24, 2.45) is 4.99 Å². The lowest BCUT2D eigenvalue weighted by Gasteiger charge is -2.18. The van der Waals surface area contributed by atoms with Crippen molar-refractivity contribution in [1.29, 1.82) is 0 Å². The highest BCUT2D eigenvalue weighted by Gasteiger charge is 2.22. The first kappa shape index (κ1) is 6.77. The van der Waals surface area contributed by atoms with Crippen LogP contribution in [0.2, 0.25) is 0 Å². The van der Waals surface area contributed by atoms with E-state index in [1.807, 2.05) is 0 Å². The Kier molecular flexibility index (Phi) is 1.60. The van der Waals surface area contributed by atoms with E-state index in [9.17, 15) is 4.79 Å². The molecule has 0 aromatic heterocycles. The SMILES string of the molecule is O=C1CCCC2=CCCN=C12. The molecule has 0 radical (unpaired) electrons. The molecule has 1 heterocycles. The highest BCUT2D eigenvalue weighted by molar-refractivity contribution is 6.46. The maximum absolute atomic E-state index is 11.3. The van der Waals surface area contributed by atoms with Crippen LogP contribution in [-0.4, -0.2) is 18.0 Å². The van der Waals surface area contributed by atoms with Crippen molar-refractivity contribution in [2.75, 3.05) is 6.54 Å². The van der Waals surface area contributed by atoms with Gasteiger partial charge in [-0.15, -0.1) is 0 Å². The van der Waals surface area contributed by atoms with Gasteiger partial charge in [-0.05, 0) is 24.8 Å². The number of ketones is 1. The molecule has 11 heavy (non-hydrogen) atoms. The van der Waals surface area contributed by atoms with Crippen LogP contribution < -0.4 is 0 Å². The topological polar surface area (TPSA) is 29.4 Å². The van der Waals surface area contributed by atoms with Gasteiger partial charge in [0.25, 0.3) is 0 Å². The molecule has 0 spiro atoms. The van der Waals surface area contributed by atoms with Gasteiger partial charge in [-0.3, -0.25) is 9.79 Å². The van der Waals surface area contributed by atoms with Gasteiger partial charge in [0, 0.05) is 13.0 Å². The van der Waals surface area contributed by atoms with Gasteiger partial charge in [0.1, 0.15) is 5.71 Å². The monoisotopic (exact) mass is 149 g/mol. The molecule has 2 aliphatic rings. The van der Waals surface area contributed by atoms with E-state index in [1.54, 1.807) is 0 Å². The van der Waals surface area contributed by atoms with Crippen molar-refractivity contribution in [3.05, 3.63) is 11.6 Å². The predicted octanol–water partition coefficient (Wildman–Crippen LogP) is 1.51. The summed E-state index contributed by atoms with van der Waals surface area (Å²) < 4.78 is 0. The van der Waals surface area contributed by atoms with Crippen LogP contribution in [0.1, 0.15) is 25.7 Å². The first-order valence-corrected chi connectivity index (χ1v) is 4.15. The average Bonchev–Trinajstić information content (AvgIpc) is 2.06. The Morgan fingerprint density at radius 3 is 3.09 bits per heavy atom. The van der Waals surface area contributed by atoms with Gasteiger partial charge in [0.05, 0.1) is 0 Å². The number of allylic oxidation sites excluding steroid dienone is 1. The average molecular weight is 149 g/mol. The number of carbonyl (C=O) groups excluding carboxylic acids is 1. The third-order valence-corrected chi connectivity index (χ3v) is 2.21. The number of Topliss-reactive ketones (excluding diaryl/α,β-unsaturated/α-hetero) is 1. The zero-order valence-corrected chi connectivity index (χ0v) is 6.47. The van der Waals surface area contributed by atoms with Crippen molar-refractivity contribution in [1.82, 2.24) is 0 Å². The second kappa shape index (κ2) is 2.61. The lowest BCUT2D eigenvalue weighted by atomic mass is 9.89. The van der Waals surface area contributed by atoms with Crippen molar-refractivity contribution in [2.45, 2.75) is 25.7 Å². The molecule has 2 heteroatoms. The van der Waals surface area contributed by atoms with Crippen molar-refractivity contribution < 1.29 is 4.79 Å². The number of rotatable bonds is 0. The second-order valence-corrected chi connectivity index (χ2v) is 3.03. The number of aliphatic imine (C=N–C) groups is 1. The molecule has 0 atom stereocenters. The zero-order chi connectivity index (χ0) is 7.68. The minimum atomic E-state index is 0.252. The van der Waals surface area contributed by atoms with Crippen LogP contribution in [-0.2, 0) is 4.79 Å². The molecule has 1 saturated carbocycles. The number of dihydropyridines is 1. The van der Waals surface area contributed by atoms with Crippen LogP contribution in [0.4, 0.5) is 0 Å². The van der Waals surface area contributed by atoms with E-state index >= 15 is 0 Å². The number of hydrogen-bond donors (Lipinski definition) is 0. The Hall–Kier alpha value is -0.920. The van der Waals surface area contributed by atoms with E-state index in [0.29, 0.717) is 6.42 Å². The summed E-state index contributed by atoms with van der Waals surface area (Å²) in [6.07, 6.45) is 5.97. The van der Waals surface area contributed by atoms with E-state index in [2.05, 4.69) is 11.1 Å². The molecule has 0 aromatic carbocycles. The van der Waals surface area contributed by atoms with E-state index in [1.165, 1.54) is 5.57 Å². The van der Waals surface area contributed by atoms with Crippen LogP contribution in [0.3, 0.4) is 0 Å². The fourth-order valence-corrected chi connectivity index (χ4v) is 1.66. The Labute approximate surface area is 66.0 Å². The summed E-state index contributed by atoms with van der Waals surface area (Å²) in [5.41, 5.74) is 1.98. The van der Waals surface area contributed by atoms with E-state index in [4.69, 9.17) is 0 Å².